The Balaban J connectivity index is 1.99. The average molecular weight is 294 g/mol. The predicted octanol–water partition coefficient (Wildman–Crippen LogP) is 3.74. The summed E-state index contributed by atoms with van der Waals surface area (Å²) in [6.45, 7) is 8.24. The van der Waals surface area contributed by atoms with E-state index in [1.165, 1.54) is 5.57 Å². The Morgan fingerprint density at radius 3 is 2.73 bits per heavy atom. The smallest absolute Gasteiger partial charge is 0.126 e. The van der Waals surface area contributed by atoms with Crippen molar-refractivity contribution >= 4 is 34.2 Å². The summed E-state index contributed by atoms with van der Waals surface area (Å²) in [5.41, 5.74) is 10.5. The standard InChI is InChI=1S/C18H22N4/c1-18(2,3)11-21-15-9-17(19)22-16-8-12(4-5-14(15)16)13-6-7-20-10-13/h4-9H,10-11H2,1-3H3,(H3,19,21,22). The van der Waals surface area contributed by atoms with Gasteiger partial charge in [0, 0.05) is 29.9 Å². The SMILES string of the molecule is CC(C)(C)CNc1cc(N)nc2cc(C3=CC=NC3)ccc12. The van der Waals surface area contributed by atoms with Gasteiger partial charge in [-0.3, -0.25) is 4.99 Å². The molecule has 3 N–H and O–H groups in total. The molecular formula is C18H22N4. The van der Waals surface area contributed by atoms with E-state index in [9.17, 15) is 0 Å². The molecule has 2 aromatic rings. The van der Waals surface area contributed by atoms with E-state index >= 15 is 0 Å². The highest BCUT2D eigenvalue weighted by molar-refractivity contribution is 5.97. The summed E-state index contributed by atoms with van der Waals surface area (Å²) in [6.07, 6.45) is 3.90. The lowest BCUT2D eigenvalue weighted by Crippen LogP contribution is -2.19. The summed E-state index contributed by atoms with van der Waals surface area (Å²) in [5, 5.41) is 4.60. The number of nitrogens with one attached hydrogen (secondary N) is 1. The number of fused-ring (bicyclic) bond motifs is 1. The first-order valence-corrected chi connectivity index (χ1v) is 7.56. The van der Waals surface area contributed by atoms with Gasteiger partial charge in [0.25, 0.3) is 0 Å². The fourth-order valence-corrected chi connectivity index (χ4v) is 2.49. The lowest BCUT2D eigenvalue weighted by atomic mass is 9.96. The summed E-state index contributed by atoms with van der Waals surface area (Å²) >= 11 is 0. The van der Waals surface area contributed by atoms with E-state index in [0.717, 1.165) is 35.2 Å². The van der Waals surface area contributed by atoms with E-state index in [1.54, 1.807) is 0 Å². The first-order chi connectivity index (χ1) is 10.4. The molecule has 114 valence electrons. The van der Waals surface area contributed by atoms with Crippen LogP contribution in [0.3, 0.4) is 0 Å². The second kappa shape index (κ2) is 5.44. The molecule has 0 amide bonds. The van der Waals surface area contributed by atoms with Crippen LogP contribution in [-0.4, -0.2) is 24.3 Å². The Bertz CT molecular complexity index is 766. The molecule has 1 aliphatic heterocycles. The molecule has 3 rings (SSSR count). The number of hydrogen-bond acceptors (Lipinski definition) is 4. The summed E-state index contributed by atoms with van der Waals surface area (Å²) in [7, 11) is 0. The van der Waals surface area contributed by atoms with Crippen molar-refractivity contribution in [3.8, 4) is 0 Å². The number of hydrogen-bond donors (Lipinski definition) is 2. The molecule has 1 aromatic heterocycles. The van der Waals surface area contributed by atoms with Crippen LogP contribution in [-0.2, 0) is 0 Å². The predicted molar refractivity (Wildman–Crippen MR) is 95.4 cm³/mol. The molecule has 4 nitrogen and oxygen atoms in total. The first kappa shape index (κ1) is 14.6. The van der Waals surface area contributed by atoms with Crippen molar-refractivity contribution in [1.82, 2.24) is 4.98 Å². The summed E-state index contributed by atoms with van der Waals surface area (Å²) in [6, 6.07) is 8.24. The minimum Gasteiger partial charge on any atom is -0.384 e. The van der Waals surface area contributed by atoms with Crippen LogP contribution in [0.4, 0.5) is 11.5 Å². The molecule has 0 bridgehead atoms. The highest BCUT2D eigenvalue weighted by atomic mass is 14.9. The van der Waals surface area contributed by atoms with Gasteiger partial charge in [-0.25, -0.2) is 4.98 Å². The van der Waals surface area contributed by atoms with Gasteiger partial charge in [0.2, 0.25) is 0 Å². The molecule has 22 heavy (non-hydrogen) atoms. The van der Waals surface area contributed by atoms with Gasteiger partial charge in [-0.1, -0.05) is 32.9 Å². The molecule has 1 aromatic carbocycles. The minimum absolute atomic E-state index is 0.205. The number of aromatic nitrogens is 1. The van der Waals surface area contributed by atoms with E-state index in [2.05, 4.69) is 54.3 Å². The molecule has 0 saturated carbocycles. The third-order valence-electron chi connectivity index (χ3n) is 3.65. The zero-order valence-electron chi connectivity index (χ0n) is 13.4. The fourth-order valence-electron chi connectivity index (χ4n) is 2.49. The number of aliphatic imine (C=N–C) groups is 1. The molecule has 1 aliphatic rings. The molecule has 0 atom stereocenters. The van der Waals surface area contributed by atoms with Gasteiger partial charge in [-0.2, -0.15) is 0 Å². The second-order valence-corrected chi connectivity index (χ2v) is 6.92. The van der Waals surface area contributed by atoms with Crippen LogP contribution in [0.2, 0.25) is 0 Å². The molecule has 0 saturated heterocycles. The van der Waals surface area contributed by atoms with E-state index in [1.807, 2.05) is 18.4 Å². The summed E-state index contributed by atoms with van der Waals surface area (Å²) < 4.78 is 0. The van der Waals surface area contributed by atoms with Gasteiger partial charge in [-0.15, -0.1) is 0 Å². The van der Waals surface area contributed by atoms with Crippen LogP contribution in [0.15, 0.2) is 35.3 Å². The number of nitrogens with two attached hydrogens (primary N) is 1. The van der Waals surface area contributed by atoms with Gasteiger partial charge >= 0.3 is 0 Å². The van der Waals surface area contributed by atoms with Crippen molar-refractivity contribution in [1.29, 1.82) is 0 Å². The number of nitrogen functional groups attached to an aromatic ring is 1. The lowest BCUT2D eigenvalue weighted by molar-refractivity contribution is 0.443. The van der Waals surface area contributed by atoms with Crippen molar-refractivity contribution in [2.45, 2.75) is 20.8 Å². The maximum atomic E-state index is 5.98. The third kappa shape index (κ3) is 3.11. The van der Waals surface area contributed by atoms with Crippen molar-refractivity contribution in [2.75, 3.05) is 24.1 Å². The molecule has 4 heteroatoms. The average Bonchev–Trinajstić information content (AvgIpc) is 2.97. The molecule has 0 aliphatic carbocycles. The molecule has 0 fully saturated rings. The van der Waals surface area contributed by atoms with Crippen LogP contribution >= 0.6 is 0 Å². The molecular weight excluding hydrogens is 272 g/mol. The number of rotatable bonds is 3. The van der Waals surface area contributed by atoms with Gasteiger partial charge in [-0.05, 0) is 28.7 Å². The third-order valence-corrected chi connectivity index (χ3v) is 3.65. The Morgan fingerprint density at radius 1 is 1.23 bits per heavy atom. The fraction of sp³-hybridized carbons (Fsp3) is 0.333. The Morgan fingerprint density at radius 2 is 2.05 bits per heavy atom. The second-order valence-electron chi connectivity index (χ2n) is 6.92. The van der Waals surface area contributed by atoms with E-state index < -0.39 is 0 Å². The van der Waals surface area contributed by atoms with Crippen molar-refractivity contribution in [2.24, 2.45) is 10.4 Å². The largest absolute Gasteiger partial charge is 0.384 e. The molecule has 0 unspecified atom stereocenters. The topological polar surface area (TPSA) is 63.3 Å². The molecule has 2 heterocycles. The quantitative estimate of drug-likeness (QED) is 0.906. The van der Waals surface area contributed by atoms with Gasteiger partial charge < -0.3 is 11.1 Å². The number of benzene rings is 1. The first-order valence-electron chi connectivity index (χ1n) is 7.56. The van der Waals surface area contributed by atoms with E-state index in [0.29, 0.717) is 5.82 Å². The van der Waals surface area contributed by atoms with Crippen molar-refractivity contribution in [3.63, 3.8) is 0 Å². The van der Waals surface area contributed by atoms with Gasteiger partial charge in [0.15, 0.2) is 0 Å². The highest BCUT2D eigenvalue weighted by Gasteiger charge is 2.12. The van der Waals surface area contributed by atoms with E-state index in [-0.39, 0.29) is 5.41 Å². The van der Waals surface area contributed by atoms with Crippen molar-refractivity contribution < 1.29 is 0 Å². The zero-order chi connectivity index (χ0) is 15.7. The normalized spacial score (nSPS) is 14.4. The maximum Gasteiger partial charge on any atom is 0.126 e. The molecule has 0 radical (unpaired) electrons. The van der Waals surface area contributed by atoms with Gasteiger partial charge in [0.05, 0.1) is 12.1 Å². The summed E-state index contributed by atoms with van der Waals surface area (Å²) in [5.74, 6) is 0.540. The monoisotopic (exact) mass is 294 g/mol. The van der Waals surface area contributed by atoms with Crippen LogP contribution < -0.4 is 11.1 Å². The lowest BCUT2D eigenvalue weighted by Gasteiger charge is -2.20. The highest BCUT2D eigenvalue weighted by Crippen LogP contribution is 2.29. The minimum atomic E-state index is 0.205. The Kier molecular flexibility index (Phi) is 3.61. The zero-order valence-corrected chi connectivity index (χ0v) is 13.4. The number of anilines is 2. The molecule has 0 spiro atoms. The maximum absolute atomic E-state index is 5.98. The Labute approximate surface area is 131 Å². The van der Waals surface area contributed by atoms with Crippen LogP contribution in [0.1, 0.15) is 26.3 Å². The van der Waals surface area contributed by atoms with Crippen LogP contribution in [0.5, 0.6) is 0 Å². The Hall–Kier alpha value is -2.36. The number of nitrogens with zero attached hydrogens (tertiary/aromatic N) is 2. The number of allylic oxidation sites excluding steroid dienone is 1. The summed E-state index contributed by atoms with van der Waals surface area (Å²) in [4.78, 5) is 8.72. The van der Waals surface area contributed by atoms with Gasteiger partial charge in [0.1, 0.15) is 5.82 Å². The van der Waals surface area contributed by atoms with Crippen LogP contribution in [0, 0.1) is 5.41 Å². The van der Waals surface area contributed by atoms with E-state index in [4.69, 9.17) is 5.73 Å². The van der Waals surface area contributed by atoms with Crippen LogP contribution in [0.25, 0.3) is 16.5 Å². The van der Waals surface area contributed by atoms with Crippen molar-refractivity contribution in [3.05, 3.63) is 35.9 Å². The number of pyridine rings is 1.